The van der Waals surface area contributed by atoms with Gasteiger partial charge >= 0.3 is 0 Å². The second-order valence-electron chi connectivity index (χ2n) is 14.6. The van der Waals surface area contributed by atoms with Gasteiger partial charge in [0.15, 0.2) is 0 Å². The summed E-state index contributed by atoms with van der Waals surface area (Å²) in [6.07, 6.45) is 0. The summed E-state index contributed by atoms with van der Waals surface area (Å²) in [5.74, 6) is 0. The zero-order valence-corrected chi connectivity index (χ0v) is 30.7. The van der Waals surface area contributed by atoms with Crippen LogP contribution in [-0.2, 0) is 0 Å². The first-order valence-electron chi connectivity index (χ1n) is 19.3. The molecule has 0 saturated carbocycles. The van der Waals surface area contributed by atoms with E-state index in [1.807, 2.05) is 0 Å². The SMILES string of the molecule is c1ccc(-c2ccc(-c3ccc(-n4c5ccccc5c5cc(-c6ccc7c(c6)c6cc(-c8ccccc8)ccc6n7-c6ccccc6)ccc54)cc3)cc2)cc1. The van der Waals surface area contributed by atoms with Gasteiger partial charge in [-0.1, -0.05) is 152 Å². The van der Waals surface area contributed by atoms with Crippen molar-refractivity contribution in [1.29, 1.82) is 0 Å². The van der Waals surface area contributed by atoms with Crippen LogP contribution >= 0.6 is 0 Å². The fraction of sp³-hybridized carbons (Fsp3) is 0. The van der Waals surface area contributed by atoms with Gasteiger partial charge in [-0.3, -0.25) is 0 Å². The summed E-state index contributed by atoms with van der Waals surface area (Å²) in [5.41, 5.74) is 16.9. The van der Waals surface area contributed by atoms with Crippen LogP contribution in [0, 0.1) is 0 Å². The number of benzene rings is 9. The Bertz CT molecular complexity index is 3190. The molecule has 11 aromatic rings. The standard InChI is InChI=1S/C54H36N2/c1-4-12-37(13-5-1)39-20-22-40(23-21-39)41-24-29-46(30-25-41)56-51-19-11-10-18-47(51)48-35-43(27-32-52(48)56)44-28-33-54-50(36-44)49-34-42(38-14-6-2-7-15-38)26-31-53(49)55(54)45-16-8-3-9-17-45/h1-36H. The van der Waals surface area contributed by atoms with E-state index in [-0.39, 0.29) is 0 Å². The minimum absolute atomic E-state index is 1.15. The first-order chi connectivity index (χ1) is 27.8. The molecule has 2 heterocycles. The number of hydrogen-bond donors (Lipinski definition) is 0. The molecule has 0 fully saturated rings. The van der Waals surface area contributed by atoms with Gasteiger partial charge in [0.05, 0.1) is 22.1 Å². The number of rotatable bonds is 6. The Labute approximate surface area is 325 Å². The molecular weight excluding hydrogens is 677 g/mol. The molecule has 56 heavy (non-hydrogen) atoms. The van der Waals surface area contributed by atoms with E-state index in [1.165, 1.54) is 88.1 Å². The average molecular weight is 713 g/mol. The highest BCUT2D eigenvalue weighted by molar-refractivity contribution is 6.13. The zero-order valence-electron chi connectivity index (χ0n) is 30.7. The zero-order chi connectivity index (χ0) is 37.0. The summed E-state index contributed by atoms with van der Waals surface area (Å²) >= 11 is 0. The van der Waals surface area contributed by atoms with Gasteiger partial charge < -0.3 is 9.13 Å². The maximum atomic E-state index is 2.40. The molecule has 2 heteroatoms. The lowest BCUT2D eigenvalue weighted by atomic mass is 9.99. The van der Waals surface area contributed by atoms with Crippen molar-refractivity contribution in [2.45, 2.75) is 0 Å². The Morgan fingerprint density at radius 2 is 0.500 bits per heavy atom. The molecule has 0 aliphatic rings. The van der Waals surface area contributed by atoms with Crippen molar-refractivity contribution in [3.8, 4) is 55.9 Å². The number of para-hydroxylation sites is 2. The number of nitrogens with zero attached hydrogens (tertiary/aromatic N) is 2. The maximum absolute atomic E-state index is 2.40. The fourth-order valence-corrected chi connectivity index (χ4v) is 8.59. The molecule has 2 aromatic heterocycles. The van der Waals surface area contributed by atoms with Gasteiger partial charge in [-0.25, -0.2) is 0 Å². The fourth-order valence-electron chi connectivity index (χ4n) is 8.59. The minimum atomic E-state index is 1.15. The second kappa shape index (κ2) is 13.2. The van der Waals surface area contributed by atoms with Gasteiger partial charge in [0.25, 0.3) is 0 Å². The third kappa shape index (κ3) is 5.34. The number of fused-ring (bicyclic) bond motifs is 6. The van der Waals surface area contributed by atoms with Crippen molar-refractivity contribution in [3.63, 3.8) is 0 Å². The van der Waals surface area contributed by atoms with Crippen molar-refractivity contribution in [1.82, 2.24) is 9.13 Å². The number of hydrogen-bond acceptors (Lipinski definition) is 0. The van der Waals surface area contributed by atoms with Gasteiger partial charge in [-0.05, 0) is 111 Å². The Kier molecular flexibility index (Phi) is 7.53. The van der Waals surface area contributed by atoms with Crippen LogP contribution in [0.15, 0.2) is 218 Å². The lowest BCUT2D eigenvalue weighted by molar-refractivity contribution is 1.18. The molecule has 0 spiro atoms. The lowest BCUT2D eigenvalue weighted by Crippen LogP contribution is -1.94. The smallest absolute Gasteiger partial charge is 0.0541 e. The molecule has 0 unspecified atom stereocenters. The molecule has 0 N–H and O–H groups in total. The summed E-state index contributed by atoms with van der Waals surface area (Å²) in [4.78, 5) is 0. The predicted octanol–water partition coefficient (Wildman–Crippen LogP) is 14.5. The quantitative estimate of drug-likeness (QED) is 0.162. The highest BCUT2D eigenvalue weighted by Gasteiger charge is 2.17. The Morgan fingerprint density at radius 1 is 0.196 bits per heavy atom. The second-order valence-corrected chi connectivity index (χ2v) is 14.6. The van der Waals surface area contributed by atoms with E-state index >= 15 is 0 Å². The molecule has 0 atom stereocenters. The molecular formula is C54H36N2. The van der Waals surface area contributed by atoms with E-state index in [2.05, 4.69) is 228 Å². The summed E-state index contributed by atoms with van der Waals surface area (Å²) in [6.45, 7) is 0. The molecule has 0 aliphatic carbocycles. The number of aromatic nitrogens is 2. The van der Waals surface area contributed by atoms with Gasteiger partial charge in [0.2, 0.25) is 0 Å². The molecule has 262 valence electrons. The first-order valence-corrected chi connectivity index (χ1v) is 19.3. The molecule has 9 aromatic carbocycles. The Balaban J connectivity index is 1.01. The van der Waals surface area contributed by atoms with Crippen LogP contribution in [0.25, 0.3) is 99.5 Å². The van der Waals surface area contributed by atoms with Crippen molar-refractivity contribution in [2.75, 3.05) is 0 Å². The van der Waals surface area contributed by atoms with Crippen LogP contribution in [-0.4, -0.2) is 9.13 Å². The van der Waals surface area contributed by atoms with E-state index in [0.717, 1.165) is 11.4 Å². The molecule has 0 aliphatic heterocycles. The van der Waals surface area contributed by atoms with Crippen LogP contribution in [0.3, 0.4) is 0 Å². The summed E-state index contributed by atoms with van der Waals surface area (Å²) in [7, 11) is 0. The molecule has 11 rings (SSSR count). The Hall–Kier alpha value is -7.42. The first kappa shape index (κ1) is 32.0. The molecule has 0 saturated heterocycles. The highest BCUT2D eigenvalue weighted by Crippen LogP contribution is 2.39. The monoisotopic (exact) mass is 712 g/mol. The van der Waals surface area contributed by atoms with Crippen molar-refractivity contribution in [3.05, 3.63) is 218 Å². The van der Waals surface area contributed by atoms with Crippen LogP contribution in [0.1, 0.15) is 0 Å². The van der Waals surface area contributed by atoms with Crippen LogP contribution < -0.4 is 0 Å². The average Bonchev–Trinajstić information content (AvgIpc) is 3.79. The van der Waals surface area contributed by atoms with Crippen molar-refractivity contribution in [2.24, 2.45) is 0 Å². The summed E-state index contributed by atoms with van der Waals surface area (Å²) in [5, 5.41) is 4.99. The van der Waals surface area contributed by atoms with Crippen molar-refractivity contribution >= 4 is 43.6 Å². The van der Waals surface area contributed by atoms with Crippen molar-refractivity contribution < 1.29 is 0 Å². The van der Waals surface area contributed by atoms with E-state index < -0.39 is 0 Å². The molecule has 2 nitrogen and oxygen atoms in total. The molecule has 0 radical (unpaired) electrons. The van der Waals surface area contributed by atoms with Gasteiger partial charge in [-0.2, -0.15) is 0 Å². The topological polar surface area (TPSA) is 9.86 Å². The van der Waals surface area contributed by atoms with Crippen LogP contribution in [0.4, 0.5) is 0 Å². The third-order valence-electron chi connectivity index (χ3n) is 11.3. The molecule has 0 bridgehead atoms. The van der Waals surface area contributed by atoms with E-state index in [0.29, 0.717) is 0 Å². The van der Waals surface area contributed by atoms with Crippen LogP contribution in [0.5, 0.6) is 0 Å². The normalized spacial score (nSPS) is 11.6. The molecule has 0 amide bonds. The third-order valence-corrected chi connectivity index (χ3v) is 11.3. The minimum Gasteiger partial charge on any atom is -0.309 e. The van der Waals surface area contributed by atoms with E-state index in [4.69, 9.17) is 0 Å². The highest BCUT2D eigenvalue weighted by atomic mass is 15.0. The van der Waals surface area contributed by atoms with Crippen LogP contribution in [0.2, 0.25) is 0 Å². The summed E-state index contributed by atoms with van der Waals surface area (Å²) in [6, 6.07) is 79.4. The van der Waals surface area contributed by atoms with Gasteiger partial charge in [-0.15, -0.1) is 0 Å². The maximum Gasteiger partial charge on any atom is 0.0541 e. The van der Waals surface area contributed by atoms with Gasteiger partial charge in [0.1, 0.15) is 0 Å². The van der Waals surface area contributed by atoms with E-state index in [9.17, 15) is 0 Å². The lowest BCUT2D eigenvalue weighted by Gasteiger charge is -2.11. The largest absolute Gasteiger partial charge is 0.309 e. The Morgan fingerprint density at radius 3 is 1.00 bits per heavy atom. The van der Waals surface area contributed by atoms with E-state index in [1.54, 1.807) is 0 Å². The summed E-state index contributed by atoms with van der Waals surface area (Å²) < 4.78 is 4.80. The van der Waals surface area contributed by atoms with Gasteiger partial charge in [0, 0.05) is 32.9 Å². The predicted molar refractivity (Wildman–Crippen MR) is 237 cm³/mol.